The van der Waals surface area contributed by atoms with Crippen molar-refractivity contribution in [1.82, 2.24) is 14.9 Å². The molecule has 0 atom stereocenters. The van der Waals surface area contributed by atoms with Gasteiger partial charge in [-0.1, -0.05) is 0 Å². The van der Waals surface area contributed by atoms with Gasteiger partial charge in [0.2, 0.25) is 5.95 Å². The molecule has 1 fully saturated rings. The maximum absolute atomic E-state index is 10.9. The van der Waals surface area contributed by atoms with Gasteiger partial charge in [-0.15, -0.1) is 0 Å². The molecule has 104 valence electrons. The van der Waals surface area contributed by atoms with Crippen LogP contribution in [0.2, 0.25) is 0 Å². The van der Waals surface area contributed by atoms with Crippen LogP contribution >= 0.6 is 0 Å². The fourth-order valence-electron chi connectivity index (χ4n) is 2.50. The van der Waals surface area contributed by atoms with Crippen molar-refractivity contribution < 1.29 is 9.90 Å². The van der Waals surface area contributed by atoms with E-state index in [1.807, 2.05) is 11.9 Å². The Morgan fingerprint density at radius 2 is 2.11 bits per heavy atom. The fraction of sp³-hybridized carbons (Fsp3) is 0.615. The zero-order valence-corrected chi connectivity index (χ0v) is 11.6. The summed E-state index contributed by atoms with van der Waals surface area (Å²) in [5, 5.41) is 8.95. The van der Waals surface area contributed by atoms with Crippen molar-refractivity contribution in [3.63, 3.8) is 0 Å². The average molecular weight is 264 g/mol. The third kappa shape index (κ3) is 2.68. The quantitative estimate of drug-likeness (QED) is 0.858. The third-order valence-corrected chi connectivity index (χ3v) is 3.97. The van der Waals surface area contributed by atoms with Gasteiger partial charge in [-0.05, 0) is 39.4 Å². The molecular weight excluding hydrogens is 244 g/mol. The van der Waals surface area contributed by atoms with E-state index < -0.39 is 5.97 Å². The number of hydrogen-bond donors (Lipinski definition) is 1. The van der Waals surface area contributed by atoms with Gasteiger partial charge in [0.1, 0.15) is 0 Å². The van der Waals surface area contributed by atoms with Crippen LogP contribution in [0.15, 0.2) is 12.3 Å². The molecule has 0 radical (unpaired) electrons. The summed E-state index contributed by atoms with van der Waals surface area (Å²) in [5.74, 6) is -0.559. The van der Waals surface area contributed by atoms with E-state index in [2.05, 4.69) is 29.0 Å². The number of carboxylic acid groups (broad SMARTS) is 1. The minimum atomic E-state index is -1.02. The van der Waals surface area contributed by atoms with E-state index >= 15 is 0 Å². The van der Waals surface area contributed by atoms with E-state index in [1.165, 1.54) is 18.7 Å². The summed E-state index contributed by atoms with van der Waals surface area (Å²) in [7, 11) is 6.08. The summed E-state index contributed by atoms with van der Waals surface area (Å²) in [6.45, 7) is 0.809. The zero-order valence-electron chi connectivity index (χ0n) is 11.6. The maximum atomic E-state index is 10.9. The second kappa shape index (κ2) is 5.13. The summed E-state index contributed by atoms with van der Waals surface area (Å²) < 4.78 is 0. The largest absolute Gasteiger partial charge is 0.477 e. The molecule has 6 nitrogen and oxygen atoms in total. The normalized spacial score (nSPS) is 17.1. The summed E-state index contributed by atoms with van der Waals surface area (Å²) in [6.07, 6.45) is 5.04. The van der Waals surface area contributed by atoms with Crippen LogP contribution in [-0.4, -0.2) is 59.2 Å². The van der Waals surface area contributed by atoms with Crippen LogP contribution in [0.1, 0.15) is 29.8 Å². The minimum Gasteiger partial charge on any atom is -0.477 e. The predicted octanol–water partition coefficient (Wildman–Crippen LogP) is 1.10. The van der Waals surface area contributed by atoms with Gasteiger partial charge in [0.25, 0.3) is 0 Å². The maximum Gasteiger partial charge on any atom is 0.354 e. The molecule has 0 amide bonds. The summed E-state index contributed by atoms with van der Waals surface area (Å²) in [5.41, 5.74) is 0.196. The number of carbonyl (C=O) groups is 1. The van der Waals surface area contributed by atoms with E-state index in [1.54, 1.807) is 0 Å². The van der Waals surface area contributed by atoms with Gasteiger partial charge >= 0.3 is 5.97 Å². The van der Waals surface area contributed by atoms with Gasteiger partial charge in [-0.2, -0.15) is 0 Å². The van der Waals surface area contributed by atoms with Crippen molar-refractivity contribution in [2.24, 2.45) is 0 Å². The molecule has 1 saturated carbocycles. The standard InChI is InChI=1S/C13H20N4O2/c1-16(2)13(6-4-7-13)9-17(3)12-14-8-5-10(15-12)11(18)19/h5,8H,4,6-7,9H2,1-3H3,(H,18,19). The van der Waals surface area contributed by atoms with Gasteiger partial charge in [-0.25, -0.2) is 14.8 Å². The number of likely N-dealkylation sites (N-methyl/N-ethyl adjacent to an activating group) is 2. The highest BCUT2D eigenvalue weighted by atomic mass is 16.4. The molecule has 0 spiro atoms. The number of aromatic carboxylic acids is 1. The SMILES string of the molecule is CN(CC1(N(C)C)CCC1)c1nccc(C(=O)O)n1. The number of aromatic nitrogens is 2. The lowest BCUT2D eigenvalue weighted by atomic mass is 9.75. The molecule has 2 rings (SSSR count). The Hall–Kier alpha value is -1.69. The Balaban J connectivity index is 2.13. The molecule has 1 N–H and O–H groups in total. The zero-order chi connectivity index (χ0) is 14.0. The molecular formula is C13H20N4O2. The summed E-state index contributed by atoms with van der Waals surface area (Å²) in [4.78, 5) is 23.3. The number of rotatable bonds is 5. The Labute approximate surface area is 113 Å². The van der Waals surface area contributed by atoms with Crippen LogP contribution in [0.3, 0.4) is 0 Å². The summed E-state index contributed by atoms with van der Waals surface area (Å²) >= 11 is 0. The minimum absolute atomic E-state index is 0.0318. The first-order valence-electron chi connectivity index (χ1n) is 6.39. The molecule has 1 aromatic rings. The fourth-order valence-corrected chi connectivity index (χ4v) is 2.50. The molecule has 19 heavy (non-hydrogen) atoms. The smallest absolute Gasteiger partial charge is 0.354 e. The lowest BCUT2D eigenvalue weighted by molar-refractivity contribution is 0.0677. The van der Waals surface area contributed by atoms with Gasteiger partial charge in [-0.3, -0.25) is 0 Å². The van der Waals surface area contributed by atoms with Gasteiger partial charge < -0.3 is 14.9 Å². The molecule has 1 heterocycles. The van der Waals surface area contributed by atoms with Crippen molar-refractivity contribution in [3.05, 3.63) is 18.0 Å². The second-order valence-corrected chi connectivity index (χ2v) is 5.38. The van der Waals surface area contributed by atoms with Crippen molar-refractivity contribution in [1.29, 1.82) is 0 Å². The Morgan fingerprint density at radius 1 is 1.42 bits per heavy atom. The first-order chi connectivity index (χ1) is 8.94. The summed E-state index contributed by atoms with van der Waals surface area (Å²) in [6, 6.07) is 1.41. The Morgan fingerprint density at radius 3 is 2.58 bits per heavy atom. The van der Waals surface area contributed by atoms with Crippen LogP contribution < -0.4 is 4.90 Å². The highest BCUT2D eigenvalue weighted by molar-refractivity contribution is 5.85. The number of nitrogens with zero attached hydrogens (tertiary/aromatic N) is 4. The van der Waals surface area contributed by atoms with Crippen LogP contribution in [-0.2, 0) is 0 Å². The molecule has 0 bridgehead atoms. The molecule has 6 heteroatoms. The van der Waals surface area contributed by atoms with E-state index in [-0.39, 0.29) is 11.2 Å². The van der Waals surface area contributed by atoms with Gasteiger partial charge in [0.15, 0.2) is 5.69 Å². The first kappa shape index (κ1) is 13.7. The van der Waals surface area contributed by atoms with Crippen molar-refractivity contribution in [3.8, 4) is 0 Å². The molecule has 0 saturated heterocycles. The van der Waals surface area contributed by atoms with E-state index in [0.717, 1.165) is 19.4 Å². The topological polar surface area (TPSA) is 69.6 Å². The Kier molecular flexibility index (Phi) is 3.71. The lowest BCUT2D eigenvalue weighted by Gasteiger charge is -2.49. The van der Waals surface area contributed by atoms with Crippen LogP contribution in [0, 0.1) is 0 Å². The molecule has 0 aromatic carbocycles. The predicted molar refractivity (Wildman–Crippen MR) is 72.5 cm³/mol. The third-order valence-electron chi connectivity index (χ3n) is 3.97. The molecule has 0 unspecified atom stereocenters. The number of hydrogen-bond acceptors (Lipinski definition) is 5. The van der Waals surface area contributed by atoms with Crippen molar-refractivity contribution >= 4 is 11.9 Å². The molecule has 1 aromatic heterocycles. The van der Waals surface area contributed by atoms with Crippen LogP contribution in [0.5, 0.6) is 0 Å². The van der Waals surface area contributed by atoms with E-state index in [4.69, 9.17) is 5.11 Å². The number of carboxylic acids is 1. The average Bonchev–Trinajstić information content (AvgIpc) is 2.33. The van der Waals surface area contributed by atoms with Crippen molar-refractivity contribution in [2.45, 2.75) is 24.8 Å². The number of anilines is 1. The van der Waals surface area contributed by atoms with Crippen LogP contribution in [0.4, 0.5) is 5.95 Å². The molecule has 1 aliphatic rings. The highest BCUT2D eigenvalue weighted by Gasteiger charge is 2.40. The highest BCUT2D eigenvalue weighted by Crippen LogP contribution is 2.37. The molecule has 0 aliphatic heterocycles. The van der Waals surface area contributed by atoms with Gasteiger partial charge in [0, 0.05) is 25.3 Å². The molecule has 1 aliphatic carbocycles. The van der Waals surface area contributed by atoms with E-state index in [9.17, 15) is 4.79 Å². The monoisotopic (exact) mass is 264 g/mol. The Bertz CT molecular complexity index is 471. The van der Waals surface area contributed by atoms with Gasteiger partial charge in [0.05, 0.1) is 0 Å². The second-order valence-electron chi connectivity index (χ2n) is 5.38. The van der Waals surface area contributed by atoms with Crippen molar-refractivity contribution in [2.75, 3.05) is 32.6 Å². The first-order valence-corrected chi connectivity index (χ1v) is 6.39. The lowest BCUT2D eigenvalue weighted by Crippen LogP contribution is -2.57. The van der Waals surface area contributed by atoms with Crippen LogP contribution in [0.25, 0.3) is 0 Å². The van der Waals surface area contributed by atoms with E-state index in [0.29, 0.717) is 5.95 Å².